The summed E-state index contributed by atoms with van der Waals surface area (Å²) in [5.74, 6) is 0.0545. The fraction of sp³-hybridized carbons (Fsp3) is 0. The molecule has 3 aromatic carbocycles. The van der Waals surface area contributed by atoms with Gasteiger partial charge in [-0.05, 0) is 54.2 Å². The molecule has 4 rings (SSSR count). The highest BCUT2D eigenvalue weighted by molar-refractivity contribution is 8.14. The summed E-state index contributed by atoms with van der Waals surface area (Å²) in [7, 11) is -3.83. The smallest absolute Gasteiger partial charge is 0.262 e. The average Bonchev–Trinajstić information content (AvgIpc) is 2.88. The molecule has 0 amide bonds. The number of benzene rings is 3. The van der Waals surface area contributed by atoms with Gasteiger partial charge >= 0.3 is 0 Å². The number of carbonyl (C=O) groups is 1. The molecule has 0 unspecified atom stereocenters. The second-order valence-electron chi connectivity index (χ2n) is 5.33. The van der Waals surface area contributed by atoms with Gasteiger partial charge in [0.1, 0.15) is 5.75 Å². The molecule has 0 aromatic heterocycles. The molecule has 24 heavy (non-hydrogen) atoms. The number of carbonyl (C=O) groups excluding carboxylic acids is 1. The van der Waals surface area contributed by atoms with Crippen molar-refractivity contribution in [1.29, 1.82) is 0 Å². The number of hydrogen-bond donors (Lipinski definition) is 2. The molecule has 0 bridgehead atoms. The molecule has 0 atom stereocenters. The Morgan fingerprint density at radius 1 is 0.958 bits per heavy atom. The maximum Gasteiger partial charge on any atom is 0.262 e. The van der Waals surface area contributed by atoms with Crippen molar-refractivity contribution < 1.29 is 18.3 Å². The van der Waals surface area contributed by atoms with Gasteiger partial charge in [0.2, 0.25) is 5.12 Å². The van der Waals surface area contributed by atoms with Crippen LogP contribution in [0.1, 0.15) is 10.4 Å². The fourth-order valence-corrected chi connectivity index (χ4v) is 4.93. The van der Waals surface area contributed by atoms with Crippen molar-refractivity contribution in [2.75, 3.05) is 4.72 Å². The minimum Gasteiger partial charge on any atom is -0.508 e. The Bertz CT molecular complexity index is 1090. The van der Waals surface area contributed by atoms with Gasteiger partial charge in [0.15, 0.2) is 0 Å². The third kappa shape index (κ3) is 2.33. The van der Waals surface area contributed by atoms with Crippen molar-refractivity contribution in [3.8, 4) is 5.75 Å². The van der Waals surface area contributed by atoms with E-state index >= 15 is 0 Å². The monoisotopic (exact) mass is 357 g/mol. The second kappa shape index (κ2) is 5.25. The Kier molecular flexibility index (Phi) is 3.29. The quantitative estimate of drug-likeness (QED) is 0.700. The van der Waals surface area contributed by atoms with E-state index in [4.69, 9.17) is 0 Å². The lowest BCUT2D eigenvalue weighted by atomic mass is 10.1. The molecule has 0 aliphatic carbocycles. The maximum absolute atomic E-state index is 12.8. The molecular weight excluding hydrogens is 346 g/mol. The van der Waals surface area contributed by atoms with Crippen molar-refractivity contribution in [2.24, 2.45) is 0 Å². The molecule has 0 radical (unpaired) electrons. The summed E-state index contributed by atoms with van der Waals surface area (Å²) in [6.45, 7) is 0. The Hall–Kier alpha value is -2.51. The van der Waals surface area contributed by atoms with E-state index in [-0.39, 0.29) is 15.8 Å². The molecule has 2 N–H and O–H groups in total. The van der Waals surface area contributed by atoms with Crippen LogP contribution in [0.3, 0.4) is 0 Å². The highest BCUT2D eigenvalue weighted by Crippen LogP contribution is 2.42. The van der Waals surface area contributed by atoms with Crippen molar-refractivity contribution >= 4 is 43.4 Å². The van der Waals surface area contributed by atoms with Gasteiger partial charge in [-0.2, -0.15) is 0 Å². The van der Waals surface area contributed by atoms with Gasteiger partial charge in [-0.1, -0.05) is 12.1 Å². The number of phenolic OH excluding ortho intramolecular Hbond substituents is 1. The number of rotatable bonds is 3. The van der Waals surface area contributed by atoms with Crippen LogP contribution in [0.25, 0.3) is 10.8 Å². The number of phenols is 1. The van der Waals surface area contributed by atoms with Crippen LogP contribution in [0.2, 0.25) is 0 Å². The molecule has 0 fully saturated rings. The van der Waals surface area contributed by atoms with E-state index in [0.29, 0.717) is 22.0 Å². The largest absolute Gasteiger partial charge is 0.508 e. The van der Waals surface area contributed by atoms with Crippen LogP contribution in [-0.2, 0) is 10.0 Å². The van der Waals surface area contributed by atoms with Gasteiger partial charge in [0.05, 0.1) is 4.90 Å². The van der Waals surface area contributed by atoms with Gasteiger partial charge < -0.3 is 5.11 Å². The standard InChI is InChI=1S/C17H11NO4S2/c19-11-6-4-10(5-7-11)18-24(21,22)15-9-8-14-16-12(15)2-1-3-13(16)17(20)23-14/h1-9,18-19H. The van der Waals surface area contributed by atoms with Crippen LogP contribution >= 0.6 is 11.8 Å². The van der Waals surface area contributed by atoms with Crippen LogP contribution in [0, 0.1) is 0 Å². The van der Waals surface area contributed by atoms with Crippen LogP contribution < -0.4 is 4.72 Å². The number of anilines is 1. The first-order chi connectivity index (χ1) is 11.5. The molecule has 5 nitrogen and oxygen atoms in total. The number of aromatic hydroxyl groups is 1. The minimum atomic E-state index is -3.83. The average molecular weight is 357 g/mol. The lowest BCUT2D eigenvalue weighted by Crippen LogP contribution is -2.13. The first-order valence-electron chi connectivity index (χ1n) is 7.05. The molecular formula is C17H11NO4S2. The zero-order chi connectivity index (χ0) is 16.9. The predicted octanol–water partition coefficient (Wildman–Crippen LogP) is 3.59. The van der Waals surface area contributed by atoms with E-state index in [2.05, 4.69) is 4.72 Å². The summed E-state index contributed by atoms with van der Waals surface area (Å²) >= 11 is 1.11. The summed E-state index contributed by atoms with van der Waals surface area (Å²) in [5, 5.41) is 10.4. The van der Waals surface area contributed by atoms with Gasteiger partial charge in [-0.15, -0.1) is 0 Å². The highest BCUT2D eigenvalue weighted by atomic mass is 32.2. The van der Waals surface area contributed by atoms with Gasteiger partial charge in [-0.25, -0.2) is 8.42 Å². The first-order valence-corrected chi connectivity index (χ1v) is 9.35. The van der Waals surface area contributed by atoms with E-state index in [1.54, 1.807) is 24.3 Å². The summed E-state index contributed by atoms with van der Waals surface area (Å²) in [5.41, 5.74) is 0.885. The van der Waals surface area contributed by atoms with Crippen LogP contribution in [0.4, 0.5) is 5.69 Å². The van der Waals surface area contributed by atoms with Gasteiger partial charge in [0, 0.05) is 26.9 Å². The van der Waals surface area contributed by atoms with Crippen molar-refractivity contribution in [3.63, 3.8) is 0 Å². The molecule has 7 heteroatoms. The van der Waals surface area contributed by atoms with Crippen molar-refractivity contribution in [1.82, 2.24) is 0 Å². The predicted molar refractivity (Wildman–Crippen MR) is 93.1 cm³/mol. The molecule has 1 aliphatic rings. The zero-order valence-corrected chi connectivity index (χ0v) is 13.8. The van der Waals surface area contributed by atoms with Crippen molar-refractivity contribution in [2.45, 2.75) is 9.79 Å². The molecule has 0 saturated heterocycles. The maximum atomic E-state index is 12.8. The summed E-state index contributed by atoms with van der Waals surface area (Å²) in [4.78, 5) is 12.9. The molecule has 1 heterocycles. The van der Waals surface area contributed by atoms with Gasteiger partial charge in [0.25, 0.3) is 10.0 Å². The Morgan fingerprint density at radius 3 is 2.46 bits per heavy atom. The molecule has 1 aliphatic heterocycles. The van der Waals surface area contributed by atoms with Gasteiger partial charge in [-0.3, -0.25) is 9.52 Å². The second-order valence-corrected chi connectivity index (χ2v) is 8.00. The zero-order valence-electron chi connectivity index (χ0n) is 12.2. The van der Waals surface area contributed by atoms with E-state index in [1.807, 2.05) is 0 Å². The van der Waals surface area contributed by atoms with Crippen LogP contribution in [0.15, 0.2) is 64.4 Å². The summed E-state index contributed by atoms with van der Waals surface area (Å²) < 4.78 is 28.0. The molecule has 3 aromatic rings. The van der Waals surface area contributed by atoms with E-state index in [9.17, 15) is 18.3 Å². The Labute approximate surface area is 142 Å². The third-order valence-electron chi connectivity index (χ3n) is 3.79. The lowest BCUT2D eigenvalue weighted by molar-refractivity contribution is 0.109. The first kappa shape index (κ1) is 15.0. The normalized spacial score (nSPS) is 13.4. The number of hydrogen-bond acceptors (Lipinski definition) is 5. The minimum absolute atomic E-state index is 0.0545. The van der Waals surface area contributed by atoms with E-state index < -0.39 is 10.0 Å². The van der Waals surface area contributed by atoms with Crippen molar-refractivity contribution in [3.05, 3.63) is 60.2 Å². The lowest BCUT2D eigenvalue weighted by Gasteiger charge is -2.11. The number of sulfonamides is 1. The molecule has 0 spiro atoms. The van der Waals surface area contributed by atoms with E-state index in [0.717, 1.165) is 16.7 Å². The topological polar surface area (TPSA) is 83.5 Å². The SMILES string of the molecule is O=C1Sc2ccc(S(=O)(=O)Nc3ccc(O)cc3)c3cccc1c23. The molecule has 120 valence electrons. The summed E-state index contributed by atoms with van der Waals surface area (Å²) in [6, 6.07) is 14.0. The summed E-state index contributed by atoms with van der Waals surface area (Å²) in [6.07, 6.45) is 0. The molecule has 0 saturated carbocycles. The fourth-order valence-electron chi connectivity index (χ4n) is 2.73. The number of nitrogens with one attached hydrogen (secondary N) is 1. The van der Waals surface area contributed by atoms with Crippen LogP contribution in [0.5, 0.6) is 5.75 Å². The Balaban J connectivity index is 1.86. The van der Waals surface area contributed by atoms with E-state index in [1.165, 1.54) is 30.3 Å². The highest BCUT2D eigenvalue weighted by Gasteiger charge is 2.27. The third-order valence-corrected chi connectivity index (χ3v) is 6.20. The number of thioether (sulfide) groups is 1. The van der Waals surface area contributed by atoms with Crippen LogP contribution in [-0.4, -0.2) is 18.6 Å². The Morgan fingerprint density at radius 2 is 1.71 bits per heavy atom.